The van der Waals surface area contributed by atoms with Gasteiger partial charge in [0.25, 0.3) is 0 Å². The highest BCUT2D eigenvalue weighted by Crippen LogP contribution is 2.39. The van der Waals surface area contributed by atoms with E-state index in [0.717, 1.165) is 11.9 Å². The molecule has 0 aromatic heterocycles. The van der Waals surface area contributed by atoms with Crippen molar-refractivity contribution in [2.24, 2.45) is 11.8 Å². The van der Waals surface area contributed by atoms with Crippen molar-refractivity contribution < 1.29 is 18.8 Å². The van der Waals surface area contributed by atoms with Gasteiger partial charge in [-0.3, -0.25) is 4.79 Å². The van der Waals surface area contributed by atoms with E-state index in [-0.39, 0.29) is 30.2 Å². The van der Waals surface area contributed by atoms with E-state index in [0.29, 0.717) is 18.4 Å². The molecule has 3 rings (SSSR count). The number of benzene rings is 1. The van der Waals surface area contributed by atoms with Crippen LogP contribution in [0.2, 0.25) is 0 Å². The number of carbonyl (C=O) groups is 1. The molecule has 1 atom stereocenters. The van der Waals surface area contributed by atoms with Gasteiger partial charge in [-0.1, -0.05) is 31.2 Å². The monoisotopic (exact) mass is 400 g/mol. The molecule has 0 bridgehead atoms. The van der Waals surface area contributed by atoms with E-state index in [1.807, 2.05) is 13.8 Å². The molecule has 160 valence electrons. The van der Waals surface area contributed by atoms with Crippen molar-refractivity contribution in [1.29, 1.82) is 0 Å². The smallest absolute Gasteiger partial charge is 0.466 e. The molecule has 0 radical (unpaired) electrons. The molecule has 29 heavy (non-hydrogen) atoms. The minimum Gasteiger partial charge on any atom is -0.466 e. The number of ether oxygens (including phenoxy) is 1. The van der Waals surface area contributed by atoms with Crippen molar-refractivity contribution in [2.75, 3.05) is 6.61 Å². The molecule has 1 aliphatic heterocycles. The van der Waals surface area contributed by atoms with Crippen molar-refractivity contribution in [3.63, 3.8) is 0 Å². The predicted molar refractivity (Wildman–Crippen MR) is 117 cm³/mol. The van der Waals surface area contributed by atoms with Gasteiger partial charge in [0.15, 0.2) is 0 Å². The lowest BCUT2D eigenvalue weighted by Gasteiger charge is -2.32. The van der Waals surface area contributed by atoms with E-state index in [1.165, 1.54) is 31.2 Å². The Hall–Kier alpha value is -1.33. The summed E-state index contributed by atoms with van der Waals surface area (Å²) in [6, 6.07) is 8.80. The summed E-state index contributed by atoms with van der Waals surface area (Å²) in [7, 11) is -0.297. The molecule has 1 aromatic rings. The second kappa shape index (κ2) is 8.81. The highest BCUT2D eigenvalue weighted by Gasteiger charge is 2.51. The Morgan fingerprint density at radius 1 is 1.07 bits per heavy atom. The van der Waals surface area contributed by atoms with Gasteiger partial charge in [0.2, 0.25) is 0 Å². The van der Waals surface area contributed by atoms with Gasteiger partial charge in [-0.25, -0.2) is 0 Å². The molecule has 0 amide bonds. The molecular weight excluding hydrogens is 363 g/mol. The van der Waals surface area contributed by atoms with Crippen molar-refractivity contribution >= 4 is 18.6 Å². The van der Waals surface area contributed by atoms with Crippen LogP contribution >= 0.6 is 0 Å². The number of carbonyl (C=O) groups excluding carboxylic acids is 1. The fraction of sp³-hybridized carbons (Fsp3) is 0.708. The average molecular weight is 400 g/mol. The van der Waals surface area contributed by atoms with Crippen LogP contribution < -0.4 is 5.46 Å². The summed E-state index contributed by atoms with van der Waals surface area (Å²) in [5.41, 5.74) is 1.87. The summed E-state index contributed by atoms with van der Waals surface area (Å²) in [4.78, 5) is 11.9. The summed E-state index contributed by atoms with van der Waals surface area (Å²) in [6.45, 7) is 12.7. The molecule has 1 heterocycles. The SMILES string of the molecule is CCOC(=O)C(C)CC1CCC(c2ccc(B3OC(C)(C)C(C)(C)O3)cc2)CC1. The molecule has 1 aromatic carbocycles. The number of esters is 1. The summed E-state index contributed by atoms with van der Waals surface area (Å²) in [5.74, 6) is 1.20. The van der Waals surface area contributed by atoms with E-state index in [9.17, 15) is 4.79 Å². The van der Waals surface area contributed by atoms with Gasteiger partial charge in [-0.15, -0.1) is 0 Å². The molecule has 1 unspecified atom stereocenters. The van der Waals surface area contributed by atoms with Gasteiger partial charge in [0.1, 0.15) is 0 Å². The van der Waals surface area contributed by atoms with E-state index >= 15 is 0 Å². The molecule has 5 heteroatoms. The molecule has 2 fully saturated rings. The molecule has 1 saturated carbocycles. The van der Waals surface area contributed by atoms with E-state index in [4.69, 9.17) is 14.0 Å². The number of hydrogen-bond acceptors (Lipinski definition) is 4. The first-order chi connectivity index (χ1) is 13.6. The molecule has 0 spiro atoms. The van der Waals surface area contributed by atoms with Crippen LogP contribution in [0.3, 0.4) is 0 Å². The first kappa shape index (κ1) is 22.4. The second-order valence-corrected chi connectivity index (χ2v) is 9.86. The van der Waals surface area contributed by atoms with Crippen LogP contribution in [0.1, 0.15) is 85.1 Å². The lowest BCUT2D eigenvalue weighted by molar-refractivity contribution is -0.148. The minimum atomic E-state index is -0.310. The first-order valence-corrected chi connectivity index (χ1v) is 11.2. The van der Waals surface area contributed by atoms with Gasteiger partial charge < -0.3 is 14.0 Å². The van der Waals surface area contributed by atoms with E-state index in [2.05, 4.69) is 52.0 Å². The third kappa shape index (κ3) is 5.06. The Morgan fingerprint density at radius 3 is 2.14 bits per heavy atom. The van der Waals surface area contributed by atoms with Crippen molar-refractivity contribution in [3.8, 4) is 0 Å². The van der Waals surface area contributed by atoms with Crippen LogP contribution in [-0.2, 0) is 18.8 Å². The number of hydrogen-bond donors (Lipinski definition) is 0. The Labute approximate surface area is 176 Å². The fourth-order valence-electron chi connectivity index (χ4n) is 4.52. The fourth-order valence-corrected chi connectivity index (χ4v) is 4.52. The molecular formula is C24H37BO4. The second-order valence-electron chi connectivity index (χ2n) is 9.86. The van der Waals surface area contributed by atoms with Crippen molar-refractivity contribution in [2.45, 2.75) is 90.8 Å². The topological polar surface area (TPSA) is 44.8 Å². The number of rotatable bonds is 6. The van der Waals surface area contributed by atoms with Gasteiger partial charge in [0, 0.05) is 0 Å². The summed E-state index contributed by atoms with van der Waals surface area (Å²) in [5, 5.41) is 0. The zero-order valence-electron chi connectivity index (χ0n) is 19.0. The van der Waals surface area contributed by atoms with E-state index < -0.39 is 0 Å². The maximum absolute atomic E-state index is 11.9. The van der Waals surface area contributed by atoms with Crippen molar-refractivity contribution in [1.82, 2.24) is 0 Å². The third-order valence-electron chi connectivity index (χ3n) is 7.16. The predicted octanol–water partition coefficient (Wildman–Crippen LogP) is 4.85. The Balaban J connectivity index is 1.53. The zero-order valence-corrected chi connectivity index (χ0v) is 19.0. The van der Waals surface area contributed by atoms with Crippen LogP contribution in [0.25, 0.3) is 0 Å². The quantitative estimate of drug-likeness (QED) is 0.506. The Kier molecular flexibility index (Phi) is 6.79. The van der Waals surface area contributed by atoms with Crippen LogP contribution in [-0.4, -0.2) is 30.9 Å². The Morgan fingerprint density at radius 2 is 1.62 bits per heavy atom. The average Bonchev–Trinajstić information content (AvgIpc) is 2.90. The summed E-state index contributed by atoms with van der Waals surface area (Å²) in [6.07, 6.45) is 5.71. The summed E-state index contributed by atoms with van der Waals surface area (Å²) >= 11 is 0. The molecule has 4 nitrogen and oxygen atoms in total. The van der Waals surface area contributed by atoms with Crippen LogP contribution in [0, 0.1) is 11.8 Å². The largest absolute Gasteiger partial charge is 0.494 e. The summed E-state index contributed by atoms with van der Waals surface area (Å²) < 4.78 is 17.5. The van der Waals surface area contributed by atoms with Gasteiger partial charge >= 0.3 is 13.1 Å². The zero-order chi connectivity index (χ0) is 21.2. The maximum atomic E-state index is 11.9. The molecule has 1 saturated heterocycles. The standard InChI is InChI=1S/C24H37BO4/c1-7-27-22(26)17(2)16-18-8-10-19(11-9-18)20-12-14-21(15-13-20)25-28-23(3,4)24(5,6)29-25/h12-15,17-19H,7-11,16H2,1-6H3. The molecule has 2 aliphatic rings. The molecule has 0 N–H and O–H groups in total. The Bertz CT molecular complexity index is 673. The van der Waals surface area contributed by atoms with Gasteiger partial charge in [0.05, 0.1) is 23.7 Å². The van der Waals surface area contributed by atoms with Crippen LogP contribution in [0.15, 0.2) is 24.3 Å². The lowest BCUT2D eigenvalue weighted by atomic mass is 9.74. The highest BCUT2D eigenvalue weighted by atomic mass is 16.7. The minimum absolute atomic E-state index is 0.00990. The maximum Gasteiger partial charge on any atom is 0.494 e. The van der Waals surface area contributed by atoms with Gasteiger partial charge in [-0.2, -0.15) is 0 Å². The first-order valence-electron chi connectivity index (χ1n) is 11.2. The normalized spacial score (nSPS) is 26.9. The highest BCUT2D eigenvalue weighted by molar-refractivity contribution is 6.62. The van der Waals surface area contributed by atoms with Gasteiger partial charge in [-0.05, 0) is 89.6 Å². The third-order valence-corrected chi connectivity index (χ3v) is 7.16. The van der Waals surface area contributed by atoms with E-state index in [1.54, 1.807) is 0 Å². The van der Waals surface area contributed by atoms with Crippen LogP contribution in [0.4, 0.5) is 0 Å². The van der Waals surface area contributed by atoms with Crippen molar-refractivity contribution in [3.05, 3.63) is 29.8 Å². The lowest BCUT2D eigenvalue weighted by Crippen LogP contribution is -2.41. The van der Waals surface area contributed by atoms with Crippen LogP contribution in [0.5, 0.6) is 0 Å². The molecule has 1 aliphatic carbocycles.